The van der Waals surface area contributed by atoms with E-state index in [4.69, 9.17) is 5.73 Å². The second-order valence-electron chi connectivity index (χ2n) is 3.38. The molecule has 0 bridgehead atoms. The van der Waals surface area contributed by atoms with Crippen molar-refractivity contribution in [2.45, 2.75) is 18.8 Å². The van der Waals surface area contributed by atoms with Gasteiger partial charge in [-0.3, -0.25) is 4.79 Å². The van der Waals surface area contributed by atoms with Crippen molar-refractivity contribution in [3.63, 3.8) is 0 Å². The number of methoxy groups -OCH3 is 1. The van der Waals surface area contributed by atoms with Gasteiger partial charge in [-0.1, -0.05) is 0 Å². The molecule has 0 amide bonds. The Hall–Kier alpha value is -1.85. The van der Waals surface area contributed by atoms with Crippen molar-refractivity contribution in [3.8, 4) is 5.88 Å². The molecule has 0 aromatic carbocycles. The molecule has 1 atom stereocenters. The highest BCUT2D eigenvalue weighted by molar-refractivity contribution is 5.80. The molecule has 80 valence electrons. The molecule has 3 N–H and O–H groups in total. The third-order valence-corrected chi connectivity index (χ3v) is 2.53. The van der Waals surface area contributed by atoms with E-state index in [1.54, 1.807) is 0 Å². The van der Waals surface area contributed by atoms with Gasteiger partial charge in [0, 0.05) is 0 Å². The van der Waals surface area contributed by atoms with Crippen LogP contribution in [0.5, 0.6) is 5.88 Å². The topological polar surface area (TPSA) is 98.3 Å². The van der Waals surface area contributed by atoms with Crippen LogP contribution in [0.2, 0.25) is 0 Å². The summed E-state index contributed by atoms with van der Waals surface area (Å²) in [5.74, 6) is -1.04. The quantitative estimate of drug-likeness (QED) is 0.630. The van der Waals surface area contributed by atoms with E-state index in [-0.39, 0.29) is 17.8 Å². The lowest BCUT2D eigenvalue weighted by atomic mass is 10.0. The van der Waals surface area contributed by atoms with Crippen LogP contribution < -0.4 is 5.73 Å². The molecule has 0 spiro atoms. The lowest BCUT2D eigenvalue weighted by Crippen LogP contribution is -2.12. The van der Waals surface area contributed by atoms with E-state index in [1.807, 2.05) is 0 Å². The number of esters is 1. The van der Waals surface area contributed by atoms with E-state index in [9.17, 15) is 9.90 Å². The van der Waals surface area contributed by atoms with E-state index in [2.05, 4.69) is 14.7 Å². The van der Waals surface area contributed by atoms with Crippen molar-refractivity contribution in [1.29, 1.82) is 0 Å². The fourth-order valence-corrected chi connectivity index (χ4v) is 1.87. The minimum absolute atomic E-state index is 0.0248. The molecule has 1 aromatic heterocycles. The van der Waals surface area contributed by atoms with Gasteiger partial charge in [0.15, 0.2) is 0 Å². The third kappa shape index (κ3) is 1.47. The molecule has 2 rings (SSSR count). The number of nitrogen functional groups attached to an aromatic ring is 1. The van der Waals surface area contributed by atoms with E-state index in [0.717, 1.165) is 0 Å². The Morgan fingerprint density at radius 2 is 2.33 bits per heavy atom. The Bertz CT molecular complexity index is 419. The number of nitrogens with zero attached hydrogens (tertiary/aromatic N) is 2. The van der Waals surface area contributed by atoms with Crippen molar-refractivity contribution in [2.24, 2.45) is 0 Å². The molecule has 6 nitrogen and oxygen atoms in total. The van der Waals surface area contributed by atoms with E-state index in [0.29, 0.717) is 24.1 Å². The maximum atomic E-state index is 11.4. The smallest absolute Gasteiger partial charge is 0.313 e. The van der Waals surface area contributed by atoms with Gasteiger partial charge >= 0.3 is 5.97 Å². The largest absolute Gasteiger partial charge is 0.493 e. The number of anilines is 1. The summed E-state index contributed by atoms with van der Waals surface area (Å²) in [7, 11) is 1.32. The molecule has 0 saturated carbocycles. The summed E-state index contributed by atoms with van der Waals surface area (Å²) in [6, 6.07) is 0. The molecule has 15 heavy (non-hydrogen) atoms. The monoisotopic (exact) mass is 209 g/mol. The number of carbonyl (C=O) groups is 1. The van der Waals surface area contributed by atoms with E-state index < -0.39 is 5.92 Å². The SMILES string of the molecule is COC(=O)C1CCc2nc(N)nc(O)c21. The highest BCUT2D eigenvalue weighted by Crippen LogP contribution is 2.37. The van der Waals surface area contributed by atoms with Gasteiger partial charge in [0.25, 0.3) is 0 Å². The molecular weight excluding hydrogens is 198 g/mol. The lowest BCUT2D eigenvalue weighted by Gasteiger charge is -2.09. The van der Waals surface area contributed by atoms with Crippen LogP contribution in [0.4, 0.5) is 5.95 Å². The average molecular weight is 209 g/mol. The van der Waals surface area contributed by atoms with Crippen LogP contribution in [0.15, 0.2) is 0 Å². The first kappa shape index (κ1) is 9.70. The van der Waals surface area contributed by atoms with Crippen LogP contribution in [0.1, 0.15) is 23.6 Å². The number of rotatable bonds is 1. The molecule has 0 fully saturated rings. The van der Waals surface area contributed by atoms with Gasteiger partial charge in [-0.15, -0.1) is 0 Å². The highest BCUT2D eigenvalue weighted by Gasteiger charge is 2.34. The number of ether oxygens (including phenoxy) is 1. The Morgan fingerprint density at radius 3 is 3.00 bits per heavy atom. The molecule has 1 aromatic rings. The summed E-state index contributed by atoms with van der Waals surface area (Å²) >= 11 is 0. The highest BCUT2D eigenvalue weighted by atomic mass is 16.5. The van der Waals surface area contributed by atoms with Gasteiger partial charge in [-0.05, 0) is 12.8 Å². The van der Waals surface area contributed by atoms with Crippen LogP contribution in [0.25, 0.3) is 0 Å². The van der Waals surface area contributed by atoms with Crippen molar-refractivity contribution in [1.82, 2.24) is 9.97 Å². The van der Waals surface area contributed by atoms with Crippen LogP contribution in [0, 0.1) is 0 Å². The Kier molecular flexibility index (Phi) is 2.18. The summed E-state index contributed by atoms with van der Waals surface area (Å²) in [5, 5.41) is 9.59. The van der Waals surface area contributed by atoms with Gasteiger partial charge < -0.3 is 15.6 Å². The number of aromatic hydroxyl groups is 1. The number of nitrogens with two attached hydrogens (primary N) is 1. The Balaban J connectivity index is 2.46. The molecular formula is C9H11N3O3. The predicted octanol–water partition coefficient (Wildman–Crippen LogP) is -0.0328. The second-order valence-corrected chi connectivity index (χ2v) is 3.38. The van der Waals surface area contributed by atoms with Crippen molar-refractivity contribution < 1.29 is 14.6 Å². The summed E-state index contributed by atoms with van der Waals surface area (Å²) in [5.41, 5.74) is 6.48. The first-order valence-electron chi connectivity index (χ1n) is 4.56. The number of aromatic nitrogens is 2. The summed E-state index contributed by atoms with van der Waals surface area (Å²) in [6.45, 7) is 0. The van der Waals surface area contributed by atoms with Gasteiger partial charge in [0.05, 0.1) is 24.3 Å². The number of aryl methyl sites for hydroxylation is 1. The van der Waals surface area contributed by atoms with Gasteiger partial charge in [-0.2, -0.15) is 4.98 Å². The summed E-state index contributed by atoms with van der Waals surface area (Å²) in [4.78, 5) is 19.0. The third-order valence-electron chi connectivity index (χ3n) is 2.53. The maximum absolute atomic E-state index is 11.4. The normalized spacial score (nSPS) is 18.6. The van der Waals surface area contributed by atoms with Crippen LogP contribution in [0.3, 0.4) is 0 Å². The zero-order valence-electron chi connectivity index (χ0n) is 8.23. The van der Waals surface area contributed by atoms with Crippen molar-refractivity contribution >= 4 is 11.9 Å². The molecule has 0 saturated heterocycles. The summed E-state index contributed by atoms with van der Waals surface area (Å²) in [6.07, 6.45) is 1.18. The molecule has 0 radical (unpaired) electrons. The van der Waals surface area contributed by atoms with Crippen LogP contribution in [-0.4, -0.2) is 28.2 Å². The van der Waals surface area contributed by atoms with Gasteiger partial charge in [-0.25, -0.2) is 4.98 Å². The number of hydrogen-bond donors (Lipinski definition) is 2. The van der Waals surface area contributed by atoms with Crippen LogP contribution in [-0.2, 0) is 16.0 Å². The fourth-order valence-electron chi connectivity index (χ4n) is 1.87. The maximum Gasteiger partial charge on any atom is 0.313 e. The lowest BCUT2D eigenvalue weighted by molar-refractivity contribution is -0.142. The number of carbonyl (C=O) groups excluding carboxylic acids is 1. The number of hydrogen-bond acceptors (Lipinski definition) is 6. The zero-order chi connectivity index (χ0) is 11.0. The van der Waals surface area contributed by atoms with E-state index >= 15 is 0 Å². The zero-order valence-corrected chi connectivity index (χ0v) is 8.23. The Morgan fingerprint density at radius 1 is 1.60 bits per heavy atom. The Labute approximate surface area is 86.1 Å². The molecule has 1 aliphatic carbocycles. The van der Waals surface area contributed by atoms with Crippen LogP contribution >= 0.6 is 0 Å². The molecule has 1 unspecified atom stereocenters. The molecule has 1 heterocycles. The molecule has 0 aliphatic heterocycles. The number of fused-ring (bicyclic) bond motifs is 1. The summed E-state index contributed by atoms with van der Waals surface area (Å²) < 4.78 is 4.64. The van der Waals surface area contributed by atoms with Gasteiger partial charge in [0.2, 0.25) is 11.8 Å². The fraction of sp³-hybridized carbons (Fsp3) is 0.444. The minimum Gasteiger partial charge on any atom is -0.493 e. The van der Waals surface area contributed by atoms with Crippen molar-refractivity contribution in [2.75, 3.05) is 12.8 Å². The molecule has 6 heteroatoms. The predicted molar refractivity (Wildman–Crippen MR) is 51.2 cm³/mol. The van der Waals surface area contributed by atoms with Crippen molar-refractivity contribution in [3.05, 3.63) is 11.3 Å². The van der Waals surface area contributed by atoms with Gasteiger partial charge in [0.1, 0.15) is 0 Å². The second kappa shape index (κ2) is 3.38. The average Bonchev–Trinajstić information content (AvgIpc) is 2.60. The van der Waals surface area contributed by atoms with E-state index in [1.165, 1.54) is 7.11 Å². The standard InChI is InChI=1S/C9H11N3O3/c1-15-8(14)4-2-3-5-6(4)7(13)12-9(10)11-5/h4H,2-3H2,1H3,(H3,10,11,12,13). The first-order chi connectivity index (χ1) is 7.13. The molecule has 1 aliphatic rings. The minimum atomic E-state index is -0.467. The first-order valence-corrected chi connectivity index (χ1v) is 4.56.